The molecule has 290 valence electrons. The van der Waals surface area contributed by atoms with Crippen molar-refractivity contribution >= 4 is 34.1 Å². The summed E-state index contributed by atoms with van der Waals surface area (Å²) in [7, 11) is 1.93. The fourth-order valence-electron chi connectivity index (χ4n) is 11.5. The highest BCUT2D eigenvalue weighted by molar-refractivity contribution is 6.01. The quantitative estimate of drug-likeness (QED) is 0.354. The zero-order valence-electron chi connectivity index (χ0n) is 31.0. The number of Topliss-reactive ketones (excluding diaryl/α,β-unsaturated/α-hetero) is 1. The molecule has 4 N–H and O–H groups in total. The lowest BCUT2D eigenvalue weighted by atomic mass is 9.44. The average Bonchev–Trinajstić information content (AvgIpc) is 3.32. The number of fused-ring (bicyclic) bond motifs is 5. The summed E-state index contributed by atoms with van der Waals surface area (Å²) >= 11 is 0. The van der Waals surface area contributed by atoms with Crippen LogP contribution in [0, 0.1) is 34.4 Å². The standard InChI is InChI=1S/C40H47F2N3O9/c1-19-14-26-25-7-6-21-15-22(46)8-9-37(21,3)39(25,42)28(47)17-38(26,4)40(19,53)35(50)32(49)33-20(2)45-18-24(36(51)52)31(48)23-16-27(41)30(34(54-33)29(23)45)44-12-10-43(5)11-13-44/h8-9,15-16,18-20,25-26,28,32-33,47,49,53H,6-7,10-14,17H2,1-5H3,(H,51,52)/t19-,20?,25+,26+,28+,32?,33?,37+,38+,39?,40+/m1/s1. The number of ether oxygens (including phenoxy) is 1. The smallest absolute Gasteiger partial charge is 0.341 e. The highest BCUT2D eigenvalue weighted by atomic mass is 19.1. The van der Waals surface area contributed by atoms with Crippen LogP contribution in [-0.4, -0.2) is 110 Å². The molecule has 3 saturated carbocycles. The summed E-state index contributed by atoms with van der Waals surface area (Å²) in [6.07, 6.45) is 0.830. The van der Waals surface area contributed by atoms with E-state index < -0.39 is 92.8 Å². The van der Waals surface area contributed by atoms with Gasteiger partial charge in [-0.15, -0.1) is 0 Å². The molecule has 3 heterocycles. The zero-order chi connectivity index (χ0) is 39.0. The van der Waals surface area contributed by atoms with Crippen LogP contribution in [0.2, 0.25) is 0 Å². The van der Waals surface area contributed by atoms with Crippen molar-refractivity contribution in [3.63, 3.8) is 0 Å². The summed E-state index contributed by atoms with van der Waals surface area (Å²) in [6.45, 7) is 8.55. The van der Waals surface area contributed by atoms with Gasteiger partial charge >= 0.3 is 5.97 Å². The van der Waals surface area contributed by atoms with E-state index >= 15 is 8.78 Å². The van der Waals surface area contributed by atoms with Gasteiger partial charge in [-0.2, -0.15) is 0 Å². The molecule has 0 spiro atoms. The van der Waals surface area contributed by atoms with Crippen molar-refractivity contribution in [1.29, 1.82) is 0 Å². The van der Waals surface area contributed by atoms with Gasteiger partial charge in [0.15, 0.2) is 41.0 Å². The second-order valence-electron chi connectivity index (χ2n) is 17.1. The van der Waals surface area contributed by atoms with E-state index in [0.29, 0.717) is 38.2 Å². The molecule has 8 rings (SSSR count). The molecule has 14 heteroatoms. The Kier molecular flexibility index (Phi) is 8.22. The summed E-state index contributed by atoms with van der Waals surface area (Å²) in [5, 5.41) is 46.4. The van der Waals surface area contributed by atoms with E-state index in [1.54, 1.807) is 32.6 Å². The second kappa shape index (κ2) is 12.0. The molecule has 4 aliphatic carbocycles. The number of carboxylic acid groups (broad SMARTS) is 1. The number of aromatic nitrogens is 1. The number of aromatic carboxylic acids is 1. The number of hydrogen-bond donors (Lipinski definition) is 4. The molecule has 1 aromatic carbocycles. The normalized spacial score (nSPS) is 39.3. The van der Waals surface area contributed by atoms with Crippen LogP contribution in [0.15, 0.2) is 40.9 Å². The highest BCUT2D eigenvalue weighted by Crippen LogP contribution is 2.71. The third kappa shape index (κ3) is 4.59. The number of rotatable bonds is 5. The van der Waals surface area contributed by atoms with Gasteiger partial charge in [-0.25, -0.2) is 13.6 Å². The molecule has 0 bridgehead atoms. The van der Waals surface area contributed by atoms with Crippen molar-refractivity contribution in [1.82, 2.24) is 9.47 Å². The molecule has 4 unspecified atom stereocenters. The minimum Gasteiger partial charge on any atom is -0.481 e. The van der Waals surface area contributed by atoms with Gasteiger partial charge in [-0.05, 0) is 76.6 Å². The Morgan fingerprint density at radius 2 is 1.78 bits per heavy atom. The van der Waals surface area contributed by atoms with E-state index in [1.807, 2.05) is 7.05 Å². The lowest BCUT2D eigenvalue weighted by Gasteiger charge is -2.62. The monoisotopic (exact) mass is 751 g/mol. The Morgan fingerprint density at radius 1 is 1.09 bits per heavy atom. The first kappa shape index (κ1) is 37.0. The average molecular weight is 752 g/mol. The van der Waals surface area contributed by atoms with E-state index in [2.05, 4.69) is 4.90 Å². The first-order valence-electron chi connectivity index (χ1n) is 18.8. The molecule has 6 aliphatic rings. The number of likely N-dealkylation sites (N-methyl/N-ethyl adjacent to an activating group) is 1. The number of benzene rings is 1. The lowest BCUT2D eigenvalue weighted by molar-refractivity contribution is -0.222. The largest absolute Gasteiger partial charge is 0.481 e. The van der Waals surface area contributed by atoms with Crippen molar-refractivity contribution in [2.24, 2.45) is 28.6 Å². The van der Waals surface area contributed by atoms with Crippen molar-refractivity contribution in [3.8, 4) is 5.75 Å². The SMILES string of the molecule is CC1C(C(O)C(=O)[C@@]2(O)[C@H](C)C[C@H]3[C@@H]4CCC5=CC(=O)C=C[C@]5(C)C4(F)[C@@H](O)C[C@@]32C)Oc2c(N3CCN(C)CC3)c(F)cc3c(=O)c(C(=O)O)cn1c23. The topological polar surface area (TPSA) is 170 Å². The third-order valence-corrected chi connectivity index (χ3v) is 14.6. The van der Waals surface area contributed by atoms with Crippen molar-refractivity contribution in [2.45, 2.75) is 89.0 Å². The molecule has 4 fully saturated rings. The van der Waals surface area contributed by atoms with E-state index in [9.17, 15) is 39.6 Å². The summed E-state index contributed by atoms with van der Waals surface area (Å²) in [6, 6.07) is 0.0109. The molecule has 2 aliphatic heterocycles. The zero-order valence-corrected chi connectivity index (χ0v) is 31.0. The van der Waals surface area contributed by atoms with E-state index in [1.165, 1.54) is 22.8 Å². The maximum absolute atomic E-state index is 17.8. The number of hydrogen-bond acceptors (Lipinski definition) is 10. The van der Waals surface area contributed by atoms with E-state index in [4.69, 9.17) is 4.74 Å². The number of piperazine rings is 1. The first-order chi connectivity index (χ1) is 25.3. The molecule has 2 aromatic rings. The van der Waals surface area contributed by atoms with Crippen molar-refractivity contribution in [2.75, 3.05) is 38.1 Å². The van der Waals surface area contributed by atoms with Crippen LogP contribution in [0.5, 0.6) is 5.75 Å². The number of carboxylic acids is 1. The van der Waals surface area contributed by atoms with E-state index in [-0.39, 0.29) is 47.4 Å². The third-order valence-electron chi connectivity index (χ3n) is 14.6. The van der Waals surface area contributed by atoms with Crippen molar-refractivity contribution < 1.29 is 48.3 Å². The van der Waals surface area contributed by atoms with Gasteiger partial charge in [0, 0.05) is 49.1 Å². The molecule has 12 nitrogen and oxygen atoms in total. The van der Waals surface area contributed by atoms with Crippen LogP contribution in [0.3, 0.4) is 0 Å². The maximum Gasteiger partial charge on any atom is 0.341 e. The van der Waals surface area contributed by atoms with Crippen LogP contribution in [0.4, 0.5) is 14.5 Å². The Morgan fingerprint density at radius 3 is 2.44 bits per heavy atom. The Bertz CT molecular complexity index is 2130. The molecule has 0 amide bonds. The number of carbonyl (C=O) groups is 3. The van der Waals surface area contributed by atoms with E-state index in [0.717, 1.165) is 12.3 Å². The fraction of sp³-hybridized carbons (Fsp3) is 0.600. The first-order valence-corrected chi connectivity index (χ1v) is 18.8. The van der Waals surface area contributed by atoms with Gasteiger partial charge < -0.3 is 39.5 Å². The molecular weight excluding hydrogens is 704 g/mol. The highest BCUT2D eigenvalue weighted by Gasteiger charge is 2.76. The number of anilines is 1. The van der Waals surface area contributed by atoms with Gasteiger partial charge in [0.1, 0.15) is 16.9 Å². The summed E-state index contributed by atoms with van der Waals surface area (Å²) < 4.78 is 41.8. The number of halogens is 2. The van der Waals surface area contributed by atoms with Crippen molar-refractivity contribution in [3.05, 3.63) is 57.7 Å². The number of allylic oxidation sites excluding steroid dienone is 4. The Labute approximate surface area is 310 Å². The molecule has 11 atom stereocenters. The molecule has 1 saturated heterocycles. The number of pyridine rings is 1. The summed E-state index contributed by atoms with van der Waals surface area (Å²) in [4.78, 5) is 56.5. The number of aliphatic hydroxyl groups excluding tert-OH is 2. The van der Waals surface area contributed by atoms with Crippen LogP contribution >= 0.6 is 0 Å². The number of nitrogens with zero attached hydrogens (tertiary/aromatic N) is 3. The number of ketones is 2. The number of alkyl halides is 1. The second-order valence-corrected chi connectivity index (χ2v) is 17.1. The van der Waals surface area contributed by atoms with Gasteiger partial charge in [-0.1, -0.05) is 25.5 Å². The minimum absolute atomic E-state index is 0.00992. The predicted molar refractivity (Wildman–Crippen MR) is 193 cm³/mol. The molecule has 1 aromatic heterocycles. The van der Waals surface area contributed by atoms with Gasteiger partial charge in [0.25, 0.3) is 0 Å². The predicted octanol–water partition coefficient (Wildman–Crippen LogP) is 3.19. The Hall–Kier alpha value is -3.98. The fourth-order valence-corrected chi connectivity index (χ4v) is 11.5. The Balaban J connectivity index is 1.19. The molecular formula is C40H47F2N3O9. The summed E-state index contributed by atoms with van der Waals surface area (Å²) in [5.74, 6) is -5.91. The van der Waals surface area contributed by atoms with Crippen LogP contribution in [0.1, 0.15) is 69.8 Å². The van der Waals surface area contributed by atoms with Crippen LogP contribution < -0.4 is 15.1 Å². The van der Waals surface area contributed by atoms with Crippen LogP contribution in [0.25, 0.3) is 10.9 Å². The van der Waals surface area contributed by atoms with Gasteiger partial charge in [-0.3, -0.25) is 14.4 Å². The van der Waals surface area contributed by atoms with Gasteiger partial charge in [0.2, 0.25) is 5.43 Å². The number of carbonyl (C=O) groups excluding carboxylic acids is 2. The molecule has 54 heavy (non-hydrogen) atoms. The number of aliphatic hydroxyl groups is 3. The lowest BCUT2D eigenvalue weighted by Crippen LogP contribution is -2.70. The maximum atomic E-state index is 17.8. The minimum atomic E-state index is -2.27. The molecule has 0 radical (unpaired) electrons. The summed E-state index contributed by atoms with van der Waals surface area (Å²) in [5.41, 5.74) is -7.95. The van der Waals surface area contributed by atoms with Crippen LogP contribution in [-0.2, 0) is 9.59 Å². The van der Waals surface area contributed by atoms with Gasteiger partial charge in [0.05, 0.1) is 23.0 Å².